The molecule has 0 saturated heterocycles. The van der Waals surface area contributed by atoms with E-state index in [0.717, 1.165) is 38.5 Å². The molecular formula is C21H43FN6O3. The fourth-order valence-corrected chi connectivity index (χ4v) is 3.29. The third-order valence-corrected chi connectivity index (χ3v) is 5.25. The molecule has 0 bridgehead atoms. The highest BCUT2D eigenvalue weighted by Gasteiger charge is 2.19. The molecule has 3 atom stereocenters. The first kappa shape index (κ1) is 29.4. The van der Waals surface area contributed by atoms with Gasteiger partial charge in [0.05, 0.1) is 18.1 Å². The van der Waals surface area contributed by atoms with Crippen molar-refractivity contribution in [1.29, 1.82) is 0 Å². The number of rotatable bonds is 21. The van der Waals surface area contributed by atoms with E-state index in [1.165, 1.54) is 0 Å². The summed E-state index contributed by atoms with van der Waals surface area (Å²) >= 11 is 0. The van der Waals surface area contributed by atoms with Crippen LogP contribution in [-0.4, -0.2) is 77.0 Å². The summed E-state index contributed by atoms with van der Waals surface area (Å²) in [5.74, 6) is -0.233. The smallest absolute Gasteiger partial charge is 0.237 e. The van der Waals surface area contributed by atoms with E-state index in [1.54, 1.807) is 19.6 Å². The van der Waals surface area contributed by atoms with E-state index >= 15 is 0 Å². The highest BCUT2D eigenvalue weighted by Crippen LogP contribution is 2.04. The SMILES string of the molecule is CNCCCCC(NC)C(=O)NCCCCC(C=O)NC(=O)C(CCCCNF)NC. The van der Waals surface area contributed by atoms with E-state index in [2.05, 4.69) is 26.6 Å². The number of carbonyl (C=O) groups excluding carboxylic acids is 3. The molecule has 0 spiro atoms. The number of likely N-dealkylation sites (N-methyl/N-ethyl adjacent to an activating group) is 2. The van der Waals surface area contributed by atoms with Crippen molar-refractivity contribution >= 4 is 18.1 Å². The van der Waals surface area contributed by atoms with Gasteiger partial charge in [-0.05, 0) is 72.6 Å². The molecule has 31 heavy (non-hydrogen) atoms. The quantitative estimate of drug-likeness (QED) is 0.0844. The van der Waals surface area contributed by atoms with Crippen LogP contribution in [-0.2, 0) is 14.4 Å². The lowest BCUT2D eigenvalue weighted by Crippen LogP contribution is -2.47. The Morgan fingerprint density at radius 2 is 1.32 bits per heavy atom. The van der Waals surface area contributed by atoms with E-state index in [4.69, 9.17) is 0 Å². The standard InChI is InChI=1S/C21H43FN6O3/c1-23-13-7-5-11-18(24-2)20(30)26-14-8-4-10-17(16-29)28-21(31)19(25-3)12-6-9-15-27-22/h16-19,23-25,27H,4-15H2,1-3H3,(H,26,30)(H,28,31). The Morgan fingerprint density at radius 1 is 0.774 bits per heavy atom. The third-order valence-electron chi connectivity index (χ3n) is 5.25. The zero-order valence-corrected chi connectivity index (χ0v) is 19.4. The van der Waals surface area contributed by atoms with E-state index < -0.39 is 12.1 Å². The van der Waals surface area contributed by atoms with Gasteiger partial charge in [-0.1, -0.05) is 12.8 Å². The van der Waals surface area contributed by atoms with Crippen LogP contribution in [0.5, 0.6) is 0 Å². The Kier molecular flexibility index (Phi) is 19.2. The minimum atomic E-state index is -0.552. The number of nitrogens with one attached hydrogen (secondary N) is 6. The molecule has 9 nitrogen and oxygen atoms in total. The second kappa shape index (κ2) is 20.3. The molecular weight excluding hydrogens is 403 g/mol. The molecule has 182 valence electrons. The molecule has 0 aromatic rings. The lowest BCUT2D eigenvalue weighted by atomic mass is 10.1. The minimum absolute atomic E-state index is 0.00739. The van der Waals surface area contributed by atoms with Crippen LogP contribution in [0.15, 0.2) is 0 Å². The number of hydrogen-bond acceptors (Lipinski definition) is 7. The molecule has 2 amide bonds. The molecule has 0 saturated carbocycles. The first-order chi connectivity index (χ1) is 15.0. The molecule has 0 heterocycles. The number of carbonyl (C=O) groups is 3. The molecule has 0 rings (SSSR count). The van der Waals surface area contributed by atoms with Gasteiger partial charge in [0.15, 0.2) is 0 Å². The largest absolute Gasteiger partial charge is 0.355 e. The van der Waals surface area contributed by atoms with Gasteiger partial charge in [-0.15, -0.1) is 4.48 Å². The molecule has 6 N–H and O–H groups in total. The van der Waals surface area contributed by atoms with Crippen molar-refractivity contribution in [3.05, 3.63) is 0 Å². The second-order valence-electron chi connectivity index (χ2n) is 7.70. The molecule has 0 radical (unpaired) electrons. The van der Waals surface area contributed by atoms with Crippen LogP contribution in [0, 0.1) is 0 Å². The summed E-state index contributed by atoms with van der Waals surface area (Å²) in [4.78, 5) is 35.9. The van der Waals surface area contributed by atoms with Crippen molar-refractivity contribution in [2.75, 3.05) is 40.8 Å². The van der Waals surface area contributed by atoms with Crippen LogP contribution in [0.25, 0.3) is 0 Å². The Labute approximate surface area is 186 Å². The number of unbranched alkanes of at least 4 members (excludes halogenated alkanes) is 3. The average molecular weight is 447 g/mol. The van der Waals surface area contributed by atoms with Gasteiger partial charge in [-0.3, -0.25) is 9.59 Å². The highest BCUT2D eigenvalue weighted by molar-refractivity contribution is 5.84. The Hall–Kier alpha value is -1.62. The lowest BCUT2D eigenvalue weighted by molar-refractivity contribution is -0.126. The van der Waals surface area contributed by atoms with Gasteiger partial charge in [0.25, 0.3) is 0 Å². The van der Waals surface area contributed by atoms with Crippen LogP contribution < -0.4 is 32.1 Å². The van der Waals surface area contributed by atoms with Crippen molar-refractivity contribution in [3.8, 4) is 0 Å². The van der Waals surface area contributed by atoms with Gasteiger partial charge in [0, 0.05) is 13.1 Å². The summed E-state index contributed by atoms with van der Waals surface area (Å²) in [6, 6.07) is -1.16. The lowest BCUT2D eigenvalue weighted by Gasteiger charge is -2.19. The topological polar surface area (TPSA) is 123 Å². The minimum Gasteiger partial charge on any atom is -0.355 e. The predicted molar refractivity (Wildman–Crippen MR) is 121 cm³/mol. The normalized spacial score (nSPS) is 13.9. The average Bonchev–Trinajstić information content (AvgIpc) is 2.77. The van der Waals surface area contributed by atoms with E-state index in [1.807, 2.05) is 7.05 Å². The Bertz CT molecular complexity index is 484. The maximum atomic E-state index is 12.3. The van der Waals surface area contributed by atoms with Gasteiger partial charge in [-0.25, -0.2) is 0 Å². The molecule has 0 fully saturated rings. The number of amides is 2. The zero-order valence-electron chi connectivity index (χ0n) is 19.4. The van der Waals surface area contributed by atoms with Crippen LogP contribution in [0.4, 0.5) is 4.48 Å². The van der Waals surface area contributed by atoms with Crippen molar-refractivity contribution in [1.82, 2.24) is 32.1 Å². The molecule has 0 aliphatic carbocycles. The summed E-state index contributed by atoms with van der Waals surface area (Å²) in [6.45, 7) is 1.74. The van der Waals surface area contributed by atoms with Crippen LogP contribution in [0.3, 0.4) is 0 Å². The van der Waals surface area contributed by atoms with Gasteiger partial charge in [0.2, 0.25) is 11.8 Å². The third kappa shape index (κ3) is 14.9. The van der Waals surface area contributed by atoms with Crippen LogP contribution >= 0.6 is 0 Å². The summed E-state index contributed by atoms with van der Waals surface area (Å²) in [7, 11) is 5.39. The van der Waals surface area contributed by atoms with Gasteiger partial charge in [-0.2, -0.15) is 5.54 Å². The maximum Gasteiger partial charge on any atom is 0.237 e. The molecule has 3 unspecified atom stereocenters. The molecule has 0 aliphatic heterocycles. The van der Waals surface area contributed by atoms with Crippen molar-refractivity contribution < 1.29 is 18.9 Å². The fraction of sp³-hybridized carbons (Fsp3) is 0.857. The molecule has 10 heteroatoms. The molecule has 0 aromatic heterocycles. The monoisotopic (exact) mass is 446 g/mol. The summed E-state index contributed by atoms with van der Waals surface area (Å²) in [5, 5.41) is 14.8. The zero-order chi connectivity index (χ0) is 23.3. The fourth-order valence-electron chi connectivity index (χ4n) is 3.29. The molecule has 0 aliphatic rings. The second-order valence-corrected chi connectivity index (χ2v) is 7.70. The van der Waals surface area contributed by atoms with Crippen molar-refractivity contribution in [2.24, 2.45) is 0 Å². The highest BCUT2D eigenvalue weighted by atomic mass is 19.2. The Morgan fingerprint density at radius 3 is 1.87 bits per heavy atom. The van der Waals surface area contributed by atoms with E-state index in [-0.39, 0.29) is 24.4 Å². The summed E-state index contributed by atoms with van der Waals surface area (Å²) in [6.07, 6.45) is 7.41. The summed E-state index contributed by atoms with van der Waals surface area (Å²) in [5.41, 5.74) is 1.59. The van der Waals surface area contributed by atoms with Crippen LogP contribution in [0.2, 0.25) is 0 Å². The number of hydrogen-bond donors (Lipinski definition) is 6. The maximum absolute atomic E-state index is 12.3. The van der Waals surface area contributed by atoms with Crippen molar-refractivity contribution in [2.45, 2.75) is 75.9 Å². The predicted octanol–water partition coefficient (Wildman–Crippen LogP) is 0.167. The Balaban J connectivity index is 4.11. The number of aldehydes is 1. The molecule has 0 aromatic carbocycles. The van der Waals surface area contributed by atoms with Gasteiger partial charge < -0.3 is 31.4 Å². The number of halogens is 1. The first-order valence-corrected chi connectivity index (χ1v) is 11.4. The van der Waals surface area contributed by atoms with E-state index in [0.29, 0.717) is 38.6 Å². The van der Waals surface area contributed by atoms with Crippen molar-refractivity contribution in [3.63, 3.8) is 0 Å². The summed E-state index contributed by atoms with van der Waals surface area (Å²) < 4.78 is 11.9. The van der Waals surface area contributed by atoms with Gasteiger partial charge in [0.1, 0.15) is 6.29 Å². The van der Waals surface area contributed by atoms with Crippen LogP contribution in [0.1, 0.15) is 57.8 Å². The van der Waals surface area contributed by atoms with Gasteiger partial charge >= 0.3 is 0 Å². The first-order valence-electron chi connectivity index (χ1n) is 11.4. The van der Waals surface area contributed by atoms with E-state index in [9.17, 15) is 18.9 Å².